The number of hydrazone groups is 1. The van der Waals surface area contributed by atoms with Gasteiger partial charge in [-0.2, -0.15) is 10.2 Å². The van der Waals surface area contributed by atoms with Crippen molar-refractivity contribution in [3.63, 3.8) is 0 Å². The van der Waals surface area contributed by atoms with Crippen molar-refractivity contribution in [1.82, 2.24) is 15.2 Å². The molecular weight excluding hydrogens is 512 g/mol. The van der Waals surface area contributed by atoms with Crippen LogP contribution in [0.5, 0.6) is 11.5 Å². The van der Waals surface area contributed by atoms with Crippen molar-refractivity contribution in [2.75, 3.05) is 6.61 Å². The maximum Gasteiger partial charge on any atom is 0.277 e. The van der Waals surface area contributed by atoms with Gasteiger partial charge < -0.3 is 9.47 Å². The fraction of sp³-hybridized carbons (Fsp3) is 0.0882. The molecule has 0 aliphatic heterocycles. The molecule has 1 amide bonds. The molecule has 0 aliphatic rings. The second kappa shape index (κ2) is 13.6. The molecule has 0 spiro atoms. The van der Waals surface area contributed by atoms with Gasteiger partial charge >= 0.3 is 0 Å². The van der Waals surface area contributed by atoms with Crippen LogP contribution in [0, 0.1) is 0 Å². The van der Waals surface area contributed by atoms with Crippen LogP contribution in [0.25, 0.3) is 16.9 Å². The number of benzene rings is 4. The van der Waals surface area contributed by atoms with Crippen molar-refractivity contribution in [3.05, 3.63) is 145 Å². The number of hydrogen-bond acceptors (Lipinski definition) is 5. The van der Waals surface area contributed by atoms with Gasteiger partial charge in [-0.1, -0.05) is 72.8 Å². The lowest BCUT2D eigenvalue weighted by atomic mass is 10.1. The van der Waals surface area contributed by atoms with Crippen LogP contribution >= 0.6 is 0 Å². The normalized spacial score (nSPS) is 10.8. The quantitative estimate of drug-likeness (QED) is 0.113. The van der Waals surface area contributed by atoms with Crippen LogP contribution in [-0.2, 0) is 17.8 Å². The molecule has 204 valence electrons. The molecular formula is C34H30N4O3. The third-order valence-corrected chi connectivity index (χ3v) is 6.23. The number of carbonyl (C=O) groups is 1. The average Bonchev–Trinajstić information content (AvgIpc) is 3.45. The molecule has 0 aliphatic carbocycles. The molecule has 0 atom stereocenters. The summed E-state index contributed by atoms with van der Waals surface area (Å²) in [7, 11) is 0. The Hall–Kier alpha value is -5.43. The van der Waals surface area contributed by atoms with Gasteiger partial charge in [0, 0.05) is 17.3 Å². The Balaban J connectivity index is 1.29. The molecule has 1 N–H and O–H groups in total. The van der Waals surface area contributed by atoms with Crippen molar-refractivity contribution in [3.8, 4) is 28.4 Å². The van der Waals surface area contributed by atoms with E-state index in [1.54, 1.807) is 17.0 Å². The Bertz CT molecular complexity index is 1610. The molecule has 0 unspecified atom stereocenters. The van der Waals surface area contributed by atoms with E-state index < -0.39 is 0 Å². The van der Waals surface area contributed by atoms with E-state index in [1.807, 2.05) is 115 Å². The monoisotopic (exact) mass is 542 g/mol. The molecule has 5 aromatic rings. The highest BCUT2D eigenvalue weighted by Gasteiger charge is 2.12. The van der Waals surface area contributed by atoms with Crippen molar-refractivity contribution in [1.29, 1.82) is 0 Å². The standard InChI is InChI=1S/C34H30N4O3/c1-2-11-27-14-9-10-17-32(27)41-25-33(39)36-35-22-29-23-38(30-15-7-4-8-16-30)37-34(29)28-18-20-31(21-19-28)40-24-26-12-5-3-6-13-26/h2-10,12-23H,1,11,24-25H2,(H,36,39)/b35-22-. The zero-order chi connectivity index (χ0) is 28.3. The summed E-state index contributed by atoms with van der Waals surface area (Å²) < 4.78 is 13.4. The number of carbonyl (C=O) groups excluding carboxylic acids is 1. The highest BCUT2D eigenvalue weighted by atomic mass is 16.5. The maximum atomic E-state index is 12.5. The number of hydrogen-bond donors (Lipinski definition) is 1. The van der Waals surface area contributed by atoms with Crippen molar-refractivity contribution in [2.45, 2.75) is 13.0 Å². The molecule has 7 nitrogen and oxygen atoms in total. The zero-order valence-corrected chi connectivity index (χ0v) is 22.5. The molecule has 0 bridgehead atoms. The molecule has 1 aromatic heterocycles. The molecule has 7 heteroatoms. The fourth-order valence-electron chi connectivity index (χ4n) is 4.19. The summed E-state index contributed by atoms with van der Waals surface area (Å²) in [6.45, 7) is 4.10. The Kier molecular flexibility index (Phi) is 8.99. The summed E-state index contributed by atoms with van der Waals surface area (Å²) in [5.41, 5.74) is 7.88. The van der Waals surface area contributed by atoms with Gasteiger partial charge in [-0.05, 0) is 60.0 Å². The van der Waals surface area contributed by atoms with E-state index in [0.29, 0.717) is 18.8 Å². The topological polar surface area (TPSA) is 77.7 Å². The van der Waals surface area contributed by atoms with Gasteiger partial charge in [-0.15, -0.1) is 6.58 Å². The second-order valence-electron chi connectivity index (χ2n) is 9.19. The lowest BCUT2D eigenvalue weighted by molar-refractivity contribution is -0.123. The summed E-state index contributed by atoms with van der Waals surface area (Å²) in [6.07, 6.45) is 5.92. The Morgan fingerprint density at radius 3 is 2.34 bits per heavy atom. The van der Waals surface area contributed by atoms with Crippen molar-refractivity contribution < 1.29 is 14.3 Å². The first-order valence-corrected chi connectivity index (χ1v) is 13.3. The van der Waals surface area contributed by atoms with Gasteiger partial charge in [0.15, 0.2) is 6.61 Å². The Labute approximate surface area is 239 Å². The van der Waals surface area contributed by atoms with E-state index in [-0.39, 0.29) is 12.5 Å². The first-order valence-electron chi connectivity index (χ1n) is 13.3. The van der Waals surface area contributed by atoms with E-state index in [4.69, 9.17) is 14.6 Å². The number of nitrogens with one attached hydrogen (secondary N) is 1. The summed E-state index contributed by atoms with van der Waals surface area (Å²) in [5, 5.41) is 9.00. The number of rotatable bonds is 12. The molecule has 1 heterocycles. The van der Waals surface area contributed by atoms with Crippen molar-refractivity contribution in [2.24, 2.45) is 5.10 Å². The first-order chi connectivity index (χ1) is 20.2. The number of para-hydroxylation sites is 2. The first kappa shape index (κ1) is 27.1. The lowest BCUT2D eigenvalue weighted by Crippen LogP contribution is -2.24. The highest BCUT2D eigenvalue weighted by molar-refractivity contribution is 5.89. The molecule has 0 fully saturated rings. The van der Waals surface area contributed by atoms with E-state index in [1.165, 1.54) is 0 Å². The summed E-state index contributed by atoms with van der Waals surface area (Å²) >= 11 is 0. The molecule has 0 radical (unpaired) electrons. The average molecular weight is 543 g/mol. The predicted molar refractivity (Wildman–Crippen MR) is 161 cm³/mol. The van der Waals surface area contributed by atoms with Gasteiger partial charge in [-0.25, -0.2) is 10.1 Å². The maximum absolute atomic E-state index is 12.5. The zero-order valence-electron chi connectivity index (χ0n) is 22.5. The second-order valence-corrected chi connectivity index (χ2v) is 9.19. The van der Waals surface area contributed by atoms with Crippen LogP contribution in [0.2, 0.25) is 0 Å². The minimum Gasteiger partial charge on any atom is -0.489 e. The summed E-state index contributed by atoms with van der Waals surface area (Å²) in [6, 6.07) is 35.2. The van der Waals surface area contributed by atoms with Crippen LogP contribution in [0.1, 0.15) is 16.7 Å². The van der Waals surface area contributed by atoms with Gasteiger partial charge in [0.25, 0.3) is 5.91 Å². The summed E-state index contributed by atoms with van der Waals surface area (Å²) in [5.74, 6) is 1.04. The third kappa shape index (κ3) is 7.36. The van der Waals surface area contributed by atoms with Crippen LogP contribution in [0.4, 0.5) is 0 Å². The van der Waals surface area contributed by atoms with Gasteiger partial charge in [0.1, 0.15) is 23.8 Å². The van der Waals surface area contributed by atoms with Crippen LogP contribution in [0.15, 0.2) is 133 Å². The summed E-state index contributed by atoms with van der Waals surface area (Å²) in [4.78, 5) is 12.5. The number of ether oxygens (including phenoxy) is 2. The Morgan fingerprint density at radius 2 is 1.59 bits per heavy atom. The van der Waals surface area contributed by atoms with Crippen molar-refractivity contribution >= 4 is 12.1 Å². The lowest BCUT2D eigenvalue weighted by Gasteiger charge is -2.09. The SMILES string of the molecule is C=CCc1ccccc1OCC(=O)N/N=C\c1cn(-c2ccccc2)nc1-c1ccc(OCc2ccccc2)cc1. The van der Waals surface area contributed by atoms with E-state index in [2.05, 4.69) is 17.1 Å². The van der Waals surface area contributed by atoms with Crippen LogP contribution in [-0.4, -0.2) is 28.5 Å². The number of allylic oxidation sites excluding steroid dienone is 1. The minimum absolute atomic E-state index is 0.161. The molecule has 5 rings (SSSR count). The fourth-order valence-corrected chi connectivity index (χ4v) is 4.19. The molecule has 0 saturated heterocycles. The van der Waals surface area contributed by atoms with Gasteiger partial charge in [0.05, 0.1) is 11.9 Å². The van der Waals surface area contributed by atoms with E-state index >= 15 is 0 Å². The molecule has 41 heavy (non-hydrogen) atoms. The van der Waals surface area contributed by atoms with Crippen LogP contribution < -0.4 is 14.9 Å². The third-order valence-electron chi connectivity index (χ3n) is 6.23. The minimum atomic E-state index is -0.369. The van der Waals surface area contributed by atoms with Gasteiger partial charge in [0.2, 0.25) is 0 Å². The van der Waals surface area contributed by atoms with E-state index in [9.17, 15) is 4.79 Å². The number of aromatic nitrogens is 2. The predicted octanol–water partition coefficient (Wildman–Crippen LogP) is 6.38. The van der Waals surface area contributed by atoms with Gasteiger partial charge in [-0.3, -0.25) is 4.79 Å². The Morgan fingerprint density at radius 1 is 0.878 bits per heavy atom. The smallest absolute Gasteiger partial charge is 0.277 e. The molecule has 0 saturated carbocycles. The highest BCUT2D eigenvalue weighted by Crippen LogP contribution is 2.25. The molecule has 4 aromatic carbocycles. The number of amides is 1. The number of nitrogens with zero attached hydrogens (tertiary/aromatic N) is 3. The van der Waals surface area contributed by atoms with Crippen LogP contribution in [0.3, 0.4) is 0 Å². The van der Waals surface area contributed by atoms with E-state index in [0.717, 1.165) is 39.4 Å². The largest absolute Gasteiger partial charge is 0.489 e.